The summed E-state index contributed by atoms with van der Waals surface area (Å²) < 4.78 is 47.2. The van der Waals surface area contributed by atoms with Crippen LogP contribution in [0.1, 0.15) is 149 Å². The van der Waals surface area contributed by atoms with Gasteiger partial charge in [-0.2, -0.15) is 8.42 Å². The van der Waals surface area contributed by atoms with Gasteiger partial charge in [0.1, 0.15) is 30.5 Å². The molecule has 52 heavy (non-hydrogen) atoms. The van der Waals surface area contributed by atoms with Crippen molar-refractivity contribution in [3.63, 3.8) is 0 Å². The number of rotatable bonds is 32. The molecule has 1 fully saturated rings. The molecule has 1 aliphatic heterocycles. The first-order valence-corrected chi connectivity index (χ1v) is 21.2. The molecule has 0 saturated carbocycles. The first-order chi connectivity index (χ1) is 24.9. The first-order valence-electron chi connectivity index (χ1n) is 19.8. The number of ether oxygens (including phenoxy) is 2. The minimum atomic E-state index is -5.11. The maximum Gasteiger partial charge on any atom is 0.397 e. The quantitative estimate of drug-likeness (QED) is 0.0268. The summed E-state index contributed by atoms with van der Waals surface area (Å²) >= 11 is 0. The van der Waals surface area contributed by atoms with Crippen LogP contribution in [-0.4, -0.2) is 107 Å². The molecule has 13 nitrogen and oxygen atoms in total. The van der Waals surface area contributed by atoms with E-state index < -0.39 is 78.5 Å². The van der Waals surface area contributed by atoms with Gasteiger partial charge in [0.05, 0.1) is 25.4 Å². The van der Waals surface area contributed by atoms with Gasteiger partial charge in [0.25, 0.3) is 0 Å². The van der Waals surface area contributed by atoms with Crippen LogP contribution in [0.5, 0.6) is 0 Å². The van der Waals surface area contributed by atoms with Gasteiger partial charge in [-0.15, -0.1) is 0 Å². The second kappa shape index (κ2) is 29.8. The monoisotopic (exact) mass is 765 g/mol. The van der Waals surface area contributed by atoms with Crippen molar-refractivity contribution in [3.8, 4) is 0 Å². The zero-order chi connectivity index (χ0) is 38.6. The number of allylic oxidation sites excluding steroid dienone is 3. The zero-order valence-corrected chi connectivity index (χ0v) is 32.5. The van der Waals surface area contributed by atoms with Crippen molar-refractivity contribution >= 4 is 16.3 Å². The Morgan fingerprint density at radius 3 is 1.81 bits per heavy atom. The molecule has 1 amide bonds. The number of aliphatic hydroxyl groups is 5. The molecule has 8 unspecified atom stereocenters. The average Bonchev–Trinajstić information content (AvgIpc) is 3.11. The van der Waals surface area contributed by atoms with E-state index in [2.05, 4.69) is 23.3 Å². The highest BCUT2D eigenvalue weighted by Crippen LogP contribution is 2.26. The van der Waals surface area contributed by atoms with E-state index in [0.29, 0.717) is 12.8 Å². The van der Waals surface area contributed by atoms with Crippen LogP contribution < -0.4 is 5.32 Å². The second-order valence-electron chi connectivity index (χ2n) is 14.0. The molecule has 1 rings (SSSR count). The summed E-state index contributed by atoms with van der Waals surface area (Å²) in [5.74, 6) is -0.741. The number of carbonyl (C=O) groups is 1. The Labute approximate surface area is 313 Å². The van der Waals surface area contributed by atoms with E-state index in [1.165, 1.54) is 76.7 Å². The van der Waals surface area contributed by atoms with Gasteiger partial charge in [0.2, 0.25) is 5.91 Å². The Kier molecular flexibility index (Phi) is 27.9. The molecule has 1 aliphatic rings. The summed E-state index contributed by atoms with van der Waals surface area (Å²) in [6.07, 6.45) is 18.8. The third kappa shape index (κ3) is 22.7. The normalized spacial score (nSPS) is 23.0. The van der Waals surface area contributed by atoms with Crippen LogP contribution in [0.25, 0.3) is 0 Å². The third-order valence-electron chi connectivity index (χ3n) is 9.34. The minimum Gasteiger partial charge on any atom is -0.394 e. The van der Waals surface area contributed by atoms with Crippen LogP contribution in [0.15, 0.2) is 24.3 Å². The van der Waals surface area contributed by atoms with Crippen molar-refractivity contribution in [2.24, 2.45) is 0 Å². The van der Waals surface area contributed by atoms with Crippen molar-refractivity contribution in [1.29, 1.82) is 0 Å². The summed E-state index contributed by atoms with van der Waals surface area (Å²) in [5.41, 5.74) is 0. The maximum absolute atomic E-state index is 12.9. The molecule has 0 aromatic rings. The lowest BCUT2D eigenvalue weighted by atomic mass is 9.99. The lowest BCUT2D eigenvalue weighted by molar-refractivity contribution is -0.298. The fourth-order valence-corrected chi connectivity index (χ4v) is 6.62. The lowest BCUT2D eigenvalue weighted by Gasteiger charge is -2.41. The number of amides is 1. The van der Waals surface area contributed by atoms with Crippen molar-refractivity contribution in [1.82, 2.24) is 5.32 Å². The molecular formula is C38H71NO12S. The van der Waals surface area contributed by atoms with Crippen LogP contribution in [-0.2, 0) is 28.9 Å². The molecule has 0 aromatic heterocycles. The van der Waals surface area contributed by atoms with Crippen molar-refractivity contribution in [3.05, 3.63) is 24.3 Å². The van der Waals surface area contributed by atoms with Crippen LogP contribution in [0.3, 0.4) is 0 Å². The molecule has 0 aliphatic carbocycles. The van der Waals surface area contributed by atoms with Gasteiger partial charge in [0.15, 0.2) is 6.29 Å². The van der Waals surface area contributed by atoms with Crippen LogP contribution in [0.4, 0.5) is 0 Å². The van der Waals surface area contributed by atoms with E-state index in [4.69, 9.17) is 14.0 Å². The van der Waals surface area contributed by atoms with E-state index in [1.807, 2.05) is 18.2 Å². The Balaban J connectivity index is 2.70. The molecule has 0 aromatic carbocycles. The number of unbranched alkanes of at least 4 members (excludes halogenated alkanes) is 17. The zero-order valence-electron chi connectivity index (χ0n) is 31.7. The predicted molar refractivity (Wildman–Crippen MR) is 201 cm³/mol. The highest BCUT2D eigenvalue weighted by atomic mass is 32.3. The Hall–Kier alpha value is -1.46. The summed E-state index contributed by atoms with van der Waals surface area (Å²) in [6, 6.07) is -1.13. The Morgan fingerprint density at radius 1 is 0.769 bits per heavy atom. The number of hydrogen-bond donors (Lipinski definition) is 7. The van der Waals surface area contributed by atoms with E-state index in [9.17, 15) is 38.7 Å². The molecule has 7 N–H and O–H groups in total. The smallest absolute Gasteiger partial charge is 0.394 e. The standard InChI is InChI=1S/C38H71NO12S/c1-3-5-7-9-11-13-14-15-16-17-18-19-21-22-24-26-31(41)30(39-37(45)32(42)27-25-23-20-12-10-8-6-4-2)29-49-38-35(44)36(51-52(46,47)48)34(43)33(28-40)50-38/h20,23-24,26,30-36,38,40-44H,3-19,21-22,25,27-29H2,1-2H3,(H,39,45)(H,46,47,48)/b23-20-,26-24+. The van der Waals surface area contributed by atoms with E-state index in [0.717, 1.165) is 44.9 Å². The van der Waals surface area contributed by atoms with Crippen LogP contribution >= 0.6 is 0 Å². The summed E-state index contributed by atoms with van der Waals surface area (Å²) in [4.78, 5) is 12.9. The lowest BCUT2D eigenvalue weighted by Crippen LogP contribution is -2.61. The van der Waals surface area contributed by atoms with Gasteiger partial charge < -0.3 is 40.3 Å². The van der Waals surface area contributed by atoms with Gasteiger partial charge in [0, 0.05) is 0 Å². The van der Waals surface area contributed by atoms with E-state index >= 15 is 0 Å². The average molecular weight is 766 g/mol. The molecule has 306 valence electrons. The largest absolute Gasteiger partial charge is 0.397 e. The van der Waals surface area contributed by atoms with Gasteiger partial charge >= 0.3 is 10.4 Å². The van der Waals surface area contributed by atoms with Gasteiger partial charge in [-0.05, 0) is 38.5 Å². The van der Waals surface area contributed by atoms with E-state index in [1.54, 1.807) is 0 Å². The molecule has 1 heterocycles. The summed E-state index contributed by atoms with van der Waals surface area (Å²) in [5, 5.41) is 54.7. The second-order valence-corrected chi connectivity index (χ2v) is 15.1. The maximum atomic E-state index is 12.9. The molecule has 0 bridgehead atoms. The Morgan fingerprint density at radius 2 is 1.27 bits per heavy atom. The summed E-state index contributed by atoms with van der Waals surface area (Å²) in [7, 11) is -5.11. The van der Waals surface area contributed by atoms with Gasteiger partial charge in [-0.3, -0.25) is 9.35 Å². The van der Waals surface area contributed by atoms with Crippen molar-refractivity contribution in [2.45, 2.75) is 198 Å². The van der Waals surface area contributed by atoms with Crippen LogP contribution in [0, 0.1) is 0 Å². The predicted octanol–water partition coefficient (Wildman–Crippen LogP) is 5.18. The molecule has 8 atom stereocenters. The first kappa shape index (κ1) is 48.6. The SMILES string of the molecule is CCCCCC/C=C\CCC(O)C(=O)NC(COC1OC(CO)C(O)C(OS(=O)(=O)O)C1O)C(O)/C=C/CCCCCCCCCCCCCCC. The van der Waals surface area contributed by atoms with Gasteiger partial charge in [-0.25, -0.2) is 4.18 Å². The van der Waals surface area contributed by atoms with Crippen LogP contribution in [0.2, 0.25) is 0 Å². The minimum absolute atomic E-state index is 0.158. The molecule has 1 saturated heterocycles. The fraction of sp³-hybridized carbons (Fsp3) is 0.868. The molecular weight excluding hydrogens is 694 g/mol. The highest BCUT2D eigenvalue weighted by molar-refractivity contribution is 7.80. The highest BCUT2D eigenvalue weighted by Gasteiger charge is 2.48. The summed E-state index contributed by atoms with van der Waals surface area (Å²) in [6.45, 7) is 3.11. The number of aliphatic hydroxyl groups excluding tert-OH is 5. The fourth-order valence-electron chi connectivity index (χ4n) is 6.11. The topological polar surface area (TPSA) is 212 Å². The van der Waals surface area contributed by atoms with Crippen molar-refractivity contribution < 1.29 is 57.0 Å². The Bertz CT molecular complexity index is 1060. The van der Waals surface area contributed by atoms with Gasteiger partial charge in [-0.1, -0.05) is 134 Å². The third-order valence-corrected chi connectivity index (χ3v) is 9.81. The molecule has 0 radical (unpaired) electrons. The number of nitrogens with one attached hydrogen (secondary N) is 1. The number of carbonyl (C=O) groups excluding carboxylic acids is 1. The van der Waals surface area contributed by atoms with Crippen molar-refractivity contribution in [2.75, 3.05) is 13.2 Å². The van der Waals surface area contributed by atoms with E-state index in [-0.39, 0.29) is 6.42 Å². The molecule has 0 spiro atoms. The molecule has 14 heteroatoms. The number of hydrogen-bond acceptors (Lipinski definition) is 11.